The molecular formula is C24H21N3O2S2. The number of carbonyl (C=O) groups is 2. The zero-order chi connectivity index (χ0) is 22.0. The lowest BCUT2D eigenvalue weighted by Crippen LogP contribution is -2.22. The molecule has 31 heavy (non-hydrogen) atoms. The number of nitrogens with one attached hydrogen (secondary N) is 1. The van der Waals surface area contributed by atoms with Crippen LogP contribution in [0.3, 0.4) is 0 Å². The summed E-state index contributed by atoms with van der Waals surface area (Å²) in [7, 11) is 0. The molecule has 0 aliphatic heterocycles. The lowest BCUT2D eigenvalue weighted by atomic mass is 10.0. The SMILES string of the molecule is CC(=O)c1ccc(NC(=O)C(C)Sc2ncnc3sc(C)c(-c4ccccc4)c23)cc1. The van der Waals surface area contributed by atoms with E-state index >= 15 is 0 Å². The van der Waals surface area contributed by atoms with Crippen LogP contribution >= 0.6 is 23.1 Å². The molecule has 1 amide bonds. The highest BCUT2D eigenvalue weighted by Gasteiger charge is 2.21. The number of ketones is 1. The van der Waals surface area contributed by atoms with Gasteiger partial charge in [-0.05, 0) is 50.6 Å². The van der Waals surface area contributed by atoms with Crippen LogP contribution in [-0.4, -0.2) is 26.9 Å². The van der Waals surface area contributed by atoms with Gasteiger partial charge in [0.05, 0.1) is 10.6 Å². The summed E-state index contributed by atoms with van der Waals surface area (Å²) in [5.74, 6) is -0.129. The van der Waals surface area contributed by atoms with Crippen molar-refractivity contribution >= 4 is 50.7 Å². The molecule has 0 bridgehead atoms. The molecule has 0 aliphatic rings. The number of anilines is 1. The van der Waals surface area contributed by atoms with Crippen LogP contribution in [0, 0.1) is 6.92 Å². The monoisotopic (exact) mass is 447 g/mol. The number of hydrogen-bond donors (Lipinski definition) is 1. The predicted molar refractivity (Wildman–Crippen MR) is 128 cm³/mol. The maximum absolute atomic E-state index is 12.8. The molecule has 4 aromatic rings. The number of fused-ring (bicyclic) bond motifs is 1. The van der Waals surface area contributed by atoms with Crippen molar-refractivity contribution in [1.29, 1.82) is 0 Å². The second kappa shape index (κ2) is 8.99. The minimum atomic E-state index is -0.366. The fourth-order valence-corrected chi connectivity index (χ4v) is 5.32. The number of benzene rings is 2. The van der Waals surface area contributed by atoms with E-state index in [1.165, 1.54) is 23.6 Å². The topological polar surface area (TPSA) is 72.0 Å². The Bertz CT molecular complexity index is 1250. The number of aromatic nitrogens is 2. The molecule has 1 unspecified atom stereocenters. The Labute approximate surface area is 188 Å². The van der Waals surface area contributed by atoms with E-state index in [9.17, 15) is 9.59 Å². The van der Waals surface area contributed by atoms with Gasteiger partial charge in [-0.25, -0.2) is 9.97 Å². The van der Waals surface area contributed by atoms with Crippen LogP contribution in [0.2, 0.25) is 0 Å². The number of aryl methyl sites for hydroxylation is 1. The number of amides is 1. The summed E-state index contributed by atoms with van der Waals surface area (Å²) in [6, 6.07) is 17.1. The van der Waals surface area contributed by atoms with Crippen molar-refractivity contribution in [3.8, 4) is 11.1 Å². The van der Waals surface area contributed by atoms with E-state index in [1.54, 1.807) is 41.9 Å². The van der Waals surface area contributed by atoms with Gasteiger partial charge in [0.2, 0.25) is 5.91 Å². The molecule has 0 aliphatic carbocycles. The predicted octanol–water partition coefficient (Wildman–Crippen LogP) is 5.99. The number of rotatable bonds is 6. The van der Waals surface area contributed by atoms with Crippen molar-refractivity contribution in [3.05, 3.63) is 71.4 Å². The van der Waals surface area contributed by atoms with E-state index in [2.05, 4.69) is 34.3 Å². The molecule has 7 heteroatoms. The average Bonchev–Trinajstić information content (AvgIpc) is 3.11. The van der Waals surface area contributed by atoms with Crippen LogP contribution in [0.4, 0.5) is 5.69 Å². The number of Topliss-reactive ketones (excluding diaryl/α,β-unsaturated/α-hetero) is 1. The Balaban J connectivity index is 1.59. The molecule has 0 fully saturated rings. The Morgan fingerprint density at radius 2 is 1.74 bits per heavy atom. The number of hydrogen-bond acceptors (Lipinski definition) is 6. The largest absolute Gasteiger partial charge is 0.325 e. The van der Waals surface area contributed by atoms with Gasteiger partial charge in [0.25, 0.3) is 0 Å². The van der Waals surface area contributed by atoms with Crippen LogP contribution in [-0.2, 0) is 4.79 Å². The molecule has 5 nitrogen and oxygen atoms in total. The minimum absolute atomic E-state index is 0.00476. The van der Waals surface area contributed by atoms with Gasteiger partial charge >= 0.3 is 0 Å². The average molecular weight is 448 g/mol. The van der Waals surface area contributed by atoms with E-state index in [4.69, 9.17) is 0 Å². The molecule has 156 valence electrons. The van der Waals surface area contributed by atoms with Gasteiger partial charge in [-0.1, -0.05) is 42.1 Å². The molecule has 1 N–H and O–H groups in total. The highest BCUT2D eigenvalue weighted by Crippen LogP contribution is 2.42. The Hall–Kier alpha value is -3.03. The van der Waals surface area contributed by atoms with E-state index in [-0.39, 0.29) is 16.9 Å². The van der Waals surface area contributed by atoms with Gasteiger partial charge in [0.15, 0.2) is 5.78 Å². The first-order chi connectivity index (χ1) is 14.9. The third kappa shape index (κ3) is 4.52. The molecule has 0 spiro atoms. The summed E-state index contributed by atoms with van der Waals surface area (Å²) in [4.78, 5) is 35.3. The third-order valence-electron chi connectivity index (χ3n) is 4.91. The number of carbonyl (C=O) groups excluding carboxylic acids is 2. The first-order valence-electron chi connectivity index (χ1n) is 9.82. The summed E-state index contributed by atoms with van der Waals surface area (Å²) < 4.78 is 0. The van der Waals surface area contributed by atoms with Crippen molar-refractivity contribution in [2.24, 2.45) is 0 Å². The van der Waals surface area contributed by atoms with Crippen molar-refractivity contribution in [2.75, 3.05) is 5.32 Å². The molecule has 1 atom stereocenters. The van der Waals surface area contributed by atoms with Crippen molar-refractivity contribution in [1.82, 2.24) is 9.97 Å². The van der Waals surface area contributed by atoms with Crippen LogP contribution in [0.15, 0.2) is 66.0 Å². The number of nitrogens with zero attached hydrogens (tertiary/aromatic N) is 2. The summed E-state index contributed by atoms with van der Waals surface area (Å²) in [5, 5.41) is 4.34. The van der Waals surface area contributed by atoms with E-state index in [0.717, 1.165) is 26.4 Å². The van der Waals surface area contributed by atoms with Crippen LogP contribution < -0.4 is 5.32 Å². The second-order valence-corrected chi connectivity index (χ2v) is 9.67. The molecule has 0 saturated carbocycles. The highest BCUT2D eigenvalue weighted by atomic mass is 32.2. The Morgan fingerprint density at radius 3 is 2.42 bits per heavy atom. The van der Waals surface area contributed by atoms with Crippen LogP contribution in [0.1, 0.15) is 29.1 Å². The lowest BCUT2D eigenvalue weighted by molar-refractivity contribution is -0.115. The standard InChI is InChI=1S/C24H21N3O2S2/c1-14(28)17-9-11-19(12-10-17)27-22(29)16(3)31-24-21-20(18-7-5-4-6-8-18)15(2)30-23(21)25-13-26-24/h4-13,16H,1-3H3,(H,27,29). The summed E-state index contributed by atoms with van der Waals surface area (Å²) in [5.41, 5.74) is 3.51. The molecule has 0 radical (unpaired) electrons. The van der Waals surface area contributed by atoms with Gasteiger partial charge in [-0.3, -0.25) is 9.59 Å². The van der Waals surface area contributed by atoms with Crippen molar-refractivity contribution < 1.29 is 9.59 Å². The summed E-state index contributed by atoms with van der Waals surface area (Å²) in [6.45, 7) is 5.47. The van der Waals surface area contributed by atoms with Crippen LogP contribution in [0.25, 0.3) is 21.3 Å². The third-order valence-corrected chi connectivity index (χ3v) is 7.02. The van der Waals surface area contributed by atoms with E-state index in [1.807, 2.05) is 25.1 Å². The second-order valence-electron chi connectivity index (χ2n) is 7.14. The molecule has 2 heterocycles. The Kier molecular flexibility index (Phi) is 6.15. The number of thiophene rings is 1. The first kappa shape index (κ1) is 21.2. The zero-order valence-electron chi connectivity index (χ0n) is 17.4. The van der Waals surface area contributed by atoms with E-state index in [0.29, 0.717) is 11.3 Å². The van der Waals surface area contributed by atoms with E-state index < -0.39 is 0 Å². The van der Waals surface area contributed by atoms with Crippen LogP contribution in [0.5, 0.6) is 0 Å². The molecular weight excluding hydrogens is 426 g/mol. The quantitative estimate of drug-likeness (QED) is 0.223. The summed E-state index contributed by atoms with van der Waals surface area (Å²) >= 11 is 3.06. The van der Waals surface area contributed by atoms with Gasteiger partial charge in [-0.2, -0.15) is 0 Å². The number of thioether (sulfide) groups is 1. The maximum atomic E-state index is 12.8. The van der Waals surface area contributed by atoms with Gasteiger partial charge in [-0.15, -0.1) is 11.3 Å². The zero-order valence-corrected chi connectivity index (χ0v) is 19.0. The fourth-order valence-electron chi connectivity index (χ4n) is 3.31. The molecule has 2 aromatic heterocycles. The van der Waals surface area contributed by atoms with Crippen molar-refractivity contribution in [2.45, 2.75) is 31.0 Å². The normalized spacial score (nSPS) is 12.0. The minimum Gasteiger partial charge on any atom is -0.325 e. The smallest absolute Gasteiger partial charge is 0.237 e. The summed E-state index contributed by atoms with van der Waals surface area (Å²) in [6.07, 6.45) is 1.56. The molecule has 0 saturated heterocycles. The van der Waals surface area contributed by atoms with Crippen molar-refractivity contribution in [3.63, 3.8) is 0 Å². The van der Waals surface area contributed by atoms with Gasteiger partial charge < -0.3 is 5.32 Å². The lowest BCUT2D eigenvalue weighted by Gasteiger charge is -2.13. The first-order valence-corrected chi connectivity index (χ1v) is 11.5. The fraction of sp³-hybridized carbons (Fsp3) is 0.167. The molecule has 4 rings (SSSR count). The molecule has 2 aromatic carbocycles. The van der Waals surface area contributed by atoms with Gasteiger partial charge in [0.1, 0.15) is 16.2 Å². The van der Waals surface area contributed by atoms with Gasteiger partial charge in [0, 0.05) is 21.7 Å². The highest BCUT2D eigenvalue weighted by molar-refractivity contribution is 8.00. The Morgan fingerprint density at radius 1 is 1.03 bits per heavy atom. The maximum Gasteiger partial charge on any atom is 0.237 e.